The number of thiophene rings is 1. The van der Waals surface area contributed by atoms with Gasteiger partial charge in [-0.2, -0.15) is 0 Å². The number of carbonyl (C=O) groups is 3. The van der Waals surface area contributed by atoms with E-state index >= 15 is 0 Å². The first-order chi connectivity index (χ1) is 11.0. The lowest BCUT2D eigenvalue weighted by atomic mass is 10.2. The lowest BCUT2D eigenvalue weighted by Gasteiger charge is -2.05. The average Bonchev–Trinajstić information content (AvgIpc) is 3.07. The third kappa shape index (κ3) is 5.80. The van der Waals surface area contributed by atoms with Crippen LogP contribution in [0.5, 0.6) is 0 Å². The molecule has 0 atom stereocenters. The maximum absolute atomic E-state index is 11.7. The van der Waals surface area contributed by atoms with E-state index in [1.54, 1.807) is 23.6 Å². The molecular weight excluding hydrogens is 340 g/mol. The van der Waals surface area contributed by atoms with Gasteiger partial charge in [-0.15, -0.1) is 11.3 Å². The molecule has 0 spiro atoms. The monoisotopic (exact) mass is 352 g/mol. The maximum Gasteiger partial charge on any atom is 0.306 e. The Hall–Kier alpha value is -2.25. The second kappa shape index (κ2) is 8.40. The third-order valence-corrected chi connectivity index (χ3v) is 3.85. The maximum atomic E-state index is 11.7. The lowest BCUT2D eigenvalue weighted by Crippen LogP contribution is -2.21. The highest BCUT2D eigenvalue weighted by atomic mass is 35.5. The summed E-state index contributed by atoms with van der Waals surface area (Å²) in [6.45, 7) is -0.434. The van der Waals surface area contributed by atoms with Crippen molar-refractivity contribution in [3.63, 3.8) is 0 Å². The summed E-state index contributed by atoms with van der Waals surface area (Å²) in [5.41, 5.74) is 0. The Morgan fingerprint density at radius 1 is 1.22 bits per heavy atom. The van der Waals surface area contributed by atoms with Crippen LogP contribution in [-0.2, 0) is 14.3 Å². The Kier molecular flexibility index (Phi) is 6.25. The van der Waals surface area contributed by atoms with Crippen LogP contribution >= 0.6 is 22.9 Å². The van der Waals surface area contributed by atoms with Crippen molar-refractivity contribution >= 4 is 46.4 Å². The number of pyridine rings is 1. The second-order valence-corrected chi connectivity index (χ2v) is 5.86. The van der Waals surface area contributed by atoms with Crippen molar-refractivity contribution in [2.45, 2.75) is 12.8 Å². The normalized spacial score (nSPS) is 10.1. The number of carbonyl (C=O) groups excluding carboxylic acids is 3. The Labute approximate surface area is 141 Å². The van der Waals surface area contributed by atoms with Gasteiger partial charge in [0.05, 0.1) is 16.3 Å². The molecule has 0 aliphatic carbocycles. The minimum atomic E-state index is -0.603. The fourth-order valence-corrected chi connectivity index (χ4v) is 2.43. The molecule has 1 amide bonds. The van der Waals surface area contributed by atoms with E-state index in [9.17, 15) is 14.4 Å². The van der Waals surface area contributed by atoms with E-state index in [4.69, 9.17) is 16.3 Å². The van der Waals surface area contributed by atoms with Crippen LogP contribution in [0.15, 0.2) is 35.8 Å². The topological polar surface area (TPSA) is 85.4 Å². The molecule has 2 aromatic heterocycles. The summed E-state index contributed by atoms with van der Waals surface area (Å²) >= 11 is 7.00. The van der Waals surface area contributed by atoms with Crippen molar-refractivity contribution in [2.24, 2.45) is 0 Å². The fourth-order valence-electron chi connectivity index (χ4n) is 1.62. The molecule has 0 unspecified atom stereocenters. The fraction of sp³-hybridized carbons (Fsp3) is 0.200. The molecule has 0 aliphatic heterocycles. The molecule has 0 fully saturated rings. The number of Topliss-reactive ketones (excluding diaryl/α,β-unsaturated/α-hetero) is 1. The van der Waals surface area contributed by atoms with Gasteiger partial charge in [-0.1, -0.05) is 17.7 Å². The highest BCUT2D eigenvalue weighted by Gasteiger charge is 2.12. The summed E-state index contributed by atoms with van der Waals surface area (Å²) in [7, 11) is 0. The zero-order valence-corrected chi connectivity index (χ0v) is 13.5. The molecule has 0 radical (unpaired) electrons. The zero-order valence-electron chi connectivity index (χ0n) is 12.0. The van der Waals surface area contributed by atoms with E-state index in [2.05, 4.69) is 10.3 Å². The number of anilines is 1. The first kappa shape index (κ1) is 17.1. The molecule has 6 nitrogen and oxygen atoms in total. The standard InChI is InChI=1S/C15H13ClN2O4S/c16-10-3-5-13(17-8-10)18-14(20)9-22-15(21)6-4-11(19)12-2-1-7-23-12/h1-3,5,7-8H,4,6,9H2,(H,17,18,20). The van der Waals surface area contributed by atoms with Gasteiger partial charge < -0.3 is 10.1 Å². The first-order valence-electron chi connectivity index (χ1n) is 6.68. The smallest absolute Gasteiger partial charge is 0.306 e. The van der Waals surface area contributed by atoms with Crippen LogP contribution in [-0.4, -0.2) is 29.3 Å². The Bertz CT molecular complexity index is 686. The van der Waals surface area contributed by atoms with Crippen LogP contribution in [0.3, 0.4) is 0 Å². The Balaban J connectivity index is 1.68. The number of rotatable bonds is 7. The number of hydrogen-bond acceptors (Lipinski definition) is 6. The molecule has 0 aliphatic rings. The number of amides is 1. The summed E-state index contributed by atoms with van der Waals surface area (Å²) in [5, 5.41) is 4.70. The summed E-state index contributed by atoms with van der Waals surface area (Å²) < 4.78 is 4.81. The molecule has 0 saturated heterocycles. The van der Waals surface area contributed by atoms with E-state index in [1.165, 1.54) is 23.6 Å². The summed E-state index contributed by atoms with van der Waals surface area (Å²) in [4.78, 5) is 39.3. The summed E-state index contributed by atoms with van der Waals surface area (Å²) in [6.07, 6.45) is 1.38. The first-order valence-corrected chi connectivity index (χ1v) is 7.94. The number of ketones is 1. The molecule has 2 aromatic rings. The zero-order chi connectivity index (χ0) is 16.7. The SMILES string of the molecule is O=C(COC(=O)CCC(=O)c1cccs1)Nc1ccc(Cl)cn1. The number of nitrogens with one attached hydrogen (secondary N) is 1. The highest BCUT2D eigenvalue weighted by Crippen LogP contribution is 2.12. The van der Waals surface area contributed by atoms with Crippen molar-refractivity contribution in [1.82, 2.24) is 4.98 Å². The molecular formula is C15H13ClN2O4S. The molecule has 120 valence electrons. The van der Waals surface area contributed by atoms with Gasteiger partial charge >= 0.3 is 5.97 Å². The van der Waals surface area contributed by atoms with Gasteiger partial charge in [0.15, 0.2) is 12.4 Å². The quantitative estimate of drug-likeness (QED) is 0.611. The van der Waals surface area contributed by atoms with Crippen LogP contribution in [0.2, 0.25) is 5.02 Å². The Morgan fingerprint density at radius 3 is 2.70 bits per heavy atom. The van der Waals surface area contributed by atoms with E-state index in [1.807, 2.05) is 0 Å². The second-order valence-electron chi connectivity index (χ2n) is 4.47. The molecule has 0 saturated carbocycles. The average molecular weight is 353 g/mol. The lowest BCUT2D eigenvalue weighted by molar-refractivity contribution is -0.147. The molecule has 23 heavy (non-hydrogen) atoms. The van der Waals surface area contributed by atoms with Crippen LogP contribution in [0.4, 0.5) is 5.82 Å². The van der Waals surface area contributed by atoms with Crippen LogP contribution < -0.4 is 5.32 Å². The van der Waals surface area contributed by atoms with E-state index < -0.39 is 18.5 Å². The van der Waals surface area contributed by atoms with Crippen LogP contribution in [0.25, 0.3) is 0 Å². The van der Waals surface area contributed by atoms with Crippen molar-refractivity contribution in [3.8, 4) is 0 Å². The van der Waals surface area contributed by atoms with Crippen molar-refractivity contribution < 1.29 is 19.1 Å². The number of halogens is 1. The predicted molar refractivity (Wildman–Crippen MR) is 86.7 cm³/mol. The molecule has 0 aromatic carbocycles. The van der Waals surface area contributed by atoms with Gasteiger partial charge in [-0.05, 0) is 23.6 Å². The number of ether oxygens (including phenoxy) is 1. The van der Waals surface area contributed by atoms with Gasteiger partial charge in [0.25, 0.3) is 5.91 Å². The Morgan fingerprint density at radius 2 is 2.04 bits per heavy atom. The van der Waals surface area contributed by atoms with Crippen molar-refractivity contribution in [3.05, 3.63) is 45.7 Å². The van der Waals surface area contributed by atoms with Gasteiger partial charge in [-0.25, -0.2) is 4.98 Å². The molecule has 8 heteroatoms. The number of hydrogen-bond donors (Lipinski definition) is 1. The van der Waals surface area contributed by atoms with E-state index in [0.717, 1.165) is 0 Å². The van der Waals surface area contributed by atoms with E-state index in [0.29, 0.717) is 15.7 Å². The van der Waals surface area contributed by atoms with Crippen molar-refractivity contribution in [2.75, 3.05) is 11.9 Å². The summed E-state index contributed by atoms with van der Waals surface area (Å²) in [5.74, 6) is -0.929. The predicted octanol–water partition coefficient (Wildman–Crippen LogP) is 2.94. The van der Waals surface area contributed by atoms with Gasteiger partial charge in [0.2, 0.25) is 0 Å². The van der Waals surface area contributed by atoms with Crippen LogP contribution in [0.1, 0.15) is 22.5 Å². The largest absolute Gasteiger partial charge is 0.456 e. The van der Waals surface area contributed by atoms with Gasteiger partial charge in [0, 0.05) is 12.6 Å². The molecule has 1 N–H and O–H groups in total. The minimum absolute atomic E-state index is 0.0553. The van der Waals surface area contributed by atoms with E-state index in [-0.39, 0.29) is 18.6 Å². The summed E-state index contributed by atoms with van der Waals surface area (Å²) in [6, 6.07) is 6.57. The highest BCUT2D eigenvalue weighted by molar-refractivity contribution is 7.12. The minimum Gasteiger partial charge on any atom is -0.456 e. The molecule has 0 bridgehead atoms. The molecule has 2 rings (SSSR count). The van der Waals surface area contributed by atoms with Crippen LogP contribution in [0, 0.1) is 0 Å². The molecule has 2 heterocycles. The third-order valence-electron chi connectivity index (χ3n) is 2.71. The number of nitrogens with zero attached hydrogens (tertiary/aromatic N) is 1. The number of esters is 1. The van der Waals surface area contributed by atoms with Gasteiger partial charge in [0.1, 0.15) is 5.82 Å². The van der Waals surface area contributed by atoms with Gasteiger partial charge in [-0.3, -0.25) is 14.4 Å². The number of aromatic nitrogens is 1. The van der Waals surface area contributed by atoms with Crippen molar-refractivity contribution in [1.29, 1.82) is 0 Å².